The summed E-state index contributed by atoms with van der Waals surface area (Å²) in [7, 11) is 0. The van der Waals surface area contributed by atoms with Gasteiger partial charge < -0.3 is 15.1 Å². The summed E-state index contributed by atoms with van der Waals surface area (Å²) in [6.07, 6.45) is 0.796. The number of benzene rings is 1. The molecule has 0 aliphatic carbocycles. The van der Waals surface area contributed by atoms with E-state index in [9.17, 15) is 19.1 Å². The van der Waals surface area contributed by atoms with Gasteiger partial charge in [0.2, 0.25) is 0 Å². The third kappa shape index (κ3) is 3.71. The molecular formula is C18H17FIN5O4. The second kappa shape index (κ2) is 7.37. The van der Waals surface area contributed by atoms with E-state index in [0.717, 1.165) is 0 Å². The summed E-state index contributed by atoms with van der Waals surface area (Å²) in [6.45, 7) is 0.423. The summed E-state index contributed by atoms with van der Waals surface area (Å²) >= 11 is 1.95. The number of aliphatic hydroxyl groups is 1. The van der Waals surface area contributed by atoms with Crippen molar-refractivity contribution in [1.29, 1.82) is 0 Å². The van der Waals surface area contributed by atoms with Gasteiger partial charge in [-0.3, -0.25) is 9.36 Å². The number of hydrogen-bond acceptors (Lipinski definition) is 5. The zero-order chi connectivity index (χ0) is 20.8. The predicted octanol–water partition coefficient (Wildman–Crippen LogP) is 1.83. The molecule has 0 radical (unpaired) electrons. The topological polar surface area (TPSA) is 113 Å². The Morgan fingerprint density at radius 1 is 1.24 bits per heavy atom. The molecule has 0 unspecified atom stereocenters. The summed E-state index contributed by atoms with van der Waals surface area (Å²) < 4.78 is 16.5. The molecule has 0 bridgehead atoms. The molecule has 29 heavy (non-hydrogen) atoms. The Bertz CT molecular complexity index is 1140. The molecule has 1 aliphatic heterocycles. The fourth-order valence-corrected chi connectivity index (χ4v) is 4.16. The van der Waals surface area contributed by atoms with Crippen LogP contribution in [0.25, 0.3) is 16.7 Å². The van der Waals surface area contributed by atoms with Gasteiger partial charge in [-0.2, -0.15) is 5.10 Å². The van der Waals surface area contributed by atoms with Crippen molar-refractivity contribution >= 4 is 39.7 Å². The van der Waals surface area contributed by atoms with Gasteiger partial charge in [0.25, 0.3) is 5.56 Å². The summed E-state index contributed by atoms with van der Waals surface area (Å²) in [5.74, 6) is -0.377. The smallest absolute Gasteiger partial charge is 0.407 e. The lowest BCUT2D eigenvalue weighted by Crippen LogP contribution is -2.49. The summed E-state index contributed by atoms with van der Waals surface area (Å²) in [5, 5.41) is 24.5. The Kier molecular flexibility index (Phi) is 5.02. The summed E-state index contributed by atoms with van der Waals surface area (Å²) in [4.78, 5) is 29.7. The molecule has 1 aromatic carbocycles. The molecule has 0 spiro atoms. The van der Waals surface area contributed by atoms with Gasteiger partial charge in [-0.05, 0) is 59.7 Å². The summed E-state index contributed by atoms with van der Waals surface area (Å²) in [6, 6.07) is 5.69. The van der Waals surface area contributed by atoms with Crippen molar-refractivity contribution in [3.05, 3.63) is 50.5 Å². The minimum absolute atomic E-state index is 0.0139. The summed E-state index contributed by atoms with van der Waals surface area (Å²) in [5.41, 5.74) is -0.621. The van der Waals surface area contributed by atoms with Gasteiger partial charge >= 0.3 is 6.09 Å². The van der Waals surface area contributed by atoms with Crippen LogP contribution in [0.5, 0.6) is 0 Å². The normalized spacial score (nSPS) is 16.3. The molecule has 1 aliphatic rings. The highest BCUT2D eigenvalue weighted by Gasteiger charge is 2.35. The van der Waals surface area contributed by atoms with Crippen LogP contribution < -0.4 is 5.56 Å². The van der Waals surface area contributed by atoms with Crippen LogP contribution in [-0.2, 0) is 6.54 Å². The van der Waals surface area contributed by atoms with E-state index in [1.54, 1.807) is 12.1 Å². The fourth-order valence-electron chi connectivity index (χ4n) is 3.47. The van der Waals surface area contributed by atoms with Crippen LogP contribution in [0.2, 0.25) is 0 Å². The molecule has 4 rings (SSSR count). The van der Waals surface area contributed by atoms with Gasteiger partial charge in [-0.25, -0.2) is 18.9 Å². The number of carbonyl (C=O) groups is 1. The molecule has 1 amide bonds. The number of aromatic nitrogens is 4. The number of rotatable bonds is 3. The standard InChI is InChI=1S/C18H17FIN5O4/c19-11-1-3-12(4-2-11)25-15-13(14(20)22-25)16(26)24(10-21-15)9-18(29)5-7-23(8-6-18)17(27)28/h1-4,10,29H,5-9H2,(H,27,28). The second-order valence-corrected chi connectivity index (χ2v) is 8.07. The van der Waals surface area contributed by atoms with E-state index in [0.29, 0.717) is 20.4 Å². The largest absolute Gasteiger partial charge is 0.465 e. The van der Waals surface area contributed by atoms with Crippen molar-refractivity contribution in [1.82, 2.24) is 24.2 Å². The molecule has 0 atom stereocenters. The van der Waals surface area contributed by atoms with E-state index >= 15 is 0 Å². The van der Waals surface area contributed by atoms with Gasteiger partial charge in [0.05, 0.1) is 17.8 Å². The molecule has 1 saturated heterocycles. The SMILES string of the molecule is O=C(O)N1CCC(O)(Cn2cnc3c(c(I)nn3-c3ccc(F)cc3)c2=O)CC1. The second-order valence-electron chi connectivity index (χ2n) is 7.05. The maximum atomic E-state index is 13.2. The van der Waals surface area contributed by atoms with Gasteiger partial charge in [-0.1, -0.05) is 0 Å². The van der Waals surface area contributed by atoms with E-state index in [1.807, 2.05) is 22.6 Å². The third-order valence-corrected chi connectivity index (χ3v) is 5.87. The number of piperidine rings is 1. The van der Waals surface area contributed by atoms with E-state index in [2.05, 4.69) is 10.1 Å². The number of hydrogen-bond donors (Lipinski definition) is 2. The van der Waals surface area contributed by atoms with E-state index in [4.69, 9.17) is 5.11 Å². The monoisotopic (exact) mass is 513 g/mol. The van der Waals surface area contributed by atoms with Gasteiger partial charge in [-0.15, -0.1) is 0 Å². The number of amides is 1. The highest BCUT2D eigenvalue weighted by molar-refractivity contribution is 14.1. The first-order valence-corrected chi connectivity index (χ1v) is 9.95. The van der Waals surface area contributed by atoms with E-state index < -0.39 is 11.7 Å². The van der Waals surface area contributed by atoms with Crippen molar-refractivity contribution in [3.8, 4) is 5.69 Å². The first-order chi connectivity index (χ1) is 13.8. The maximum absolute atomic E-state index is 13.2. The van der Waals surface area contributed by atoms with Crippen LogP contribution in [0.15, 0.2) is 35.4 Å². The third-order valence-electron chi connectivity index (χ3n) is 5.11. The Labute approximate surface area is 177 Å². The molecule has 11 heteroatoms. The highest BCUT2D eigenvalue weighted by Crippen LogP contribution is 2.25. The molecule has 1 fully saturated rings. The molecule has 0 saturated carbocycles. The first kappa shape index (κ1) is 19.8. The zero-order valence-corrected chi connectivity index (χ0v) is 17.3. The lowest BCUT2D eigenvalue weighted by atomic mass is 9.91. The molecule has 2 N–H and O–H groups in total. The molecular weight excluding hydrogens is 496 g/mol. The average Bonchev–Trinajstić information content (AvgIpc) is 3.02. The molecule has 3 heterocycles. The lowest BCUT2D eigenvalue weighted by molar-refractivity contribution is -0.0304. The van der Waals surface area contributed by atoms with Gasteiger partial charge in [0.15, 0.2) is 5.65 Å². The van der Waals surface area contributed by atoms with Crippen LogP contribution in [0, 0.1) is 9.52 Å². The van der Waals surface area contributed by atoms with Crippen LogP contribution >= 0.6 is 22.6 Å². The van der Waals surface area contributed by atoms with Crippen molar-refractivity contribution in [2.24, 2.45) is 0 Å². The van der Waals surface area contributed by atoms with E-state index in [1.165, 1.54) is 32.6 Å². The van der Waals surface area contributed by atoms with Crippen molar-refractivity contribution in [2.45, 2.75) is 25.0 Å². The Balaban J connectivity index is 1.67. The van der Waals surface area contributed by atoms with Crippen molar-refractivity contribution in [2.75, 3.05) is 13.1 Å². The first-order valence-electron chi connectivity index (χ1n) is 8.87. The maximum Gasteiger partial charge on any atom is 0.407 e. The van der Waals surface area contributed by atoms with Gasteiger partial charge in [0, 0.05) is 13.1 Å². The molecule has 3 aromatic rings. The number of carboxylic acid groups (broad SMARTS) is 1. The Morgan fingerprint density at radius 3 is 2.52 bits per heavy atom. The number of halogens is 2. The average molecular weight is 513 g/mol. The molecule has 2 aromatic heterocycles. The van der Waals surface area contributed by atoms with Crippen molar-refractivity contribution < 1.29 is 19.4 Å². The minimum atomic E-state index is -1.19. The lowest BCUT2D eigenvalue weighted by Gasteiger charge is -2.37. The fraction of sp³-hybridized carbons (Fsp3) is 0.333. The number of fused-ring (bicyclic) bond motifs is 1. The van der Waals surface area contributed by atoms with Crippen LogP contribution in [0.4, 0.5) is 9.18 Å². The molecule has 152 valence electrons. The predicted molar refractivity (Wildman–Crippen MR) is 110 cm³/mol. The van der Waals surface area contributed by atoms with Crippen LogP contribution in [0.3, 0.4) is 0 Å². The number of nitrogens with zero attached hydrogens (tertiary/aromatic N) is 5. The van der Waals surface area contributed by atoms with Crippen LogP contribution in [-0.4, -0.2) is 59.2 Å². The van der Waals surface area contributed by atoms with Crippen molar-refractivity contribution in [3.63, 3.8) is 0 Å². The minimum Gasteiger partial charge on any atom is -0.465 e. The van der Waals surface area contributed by atoms with Gasteiger partial charge in [0.1, 0.15) is 21.2 Å². The Hall–Kier alpha value is -2.54. The Morgan fingerprint density at radius 2 is 1.90 bits per heavy atom. The number of likely N-dealkylation sites (tertiary alicyclic amines) is 1. The van der Waals surface area contributed by atoms with Crippen LogP contribution in [0.1, 0.15) is 12.8 Å². The quantitative estimate of drug-likeness (QED) is 0.517. The molecule has 9 nitrogen and oxygen atoms in total. The highest BCUT2D eigenvalue weighted by atomic mass is 127. The zero-order valence-electron chi connectivity index (χ0n) is 15.1. The van der Waals surface area contributed by atoms with E-state index in [-0.39, 0.29) is 43.9 Å².